The molecule has 6 nitrogen and oxygen atoms in total. The van der Waals surface area contributed by atoms with E-state index >= 15 is 0 Å². The van der Waals surface area contributed by atoms with Crippen LogP contribution in [0.15, 0.2) is 48.5 Å². The van der Waals surface area contributed by atoms with Crippen molar-refractivity contribution >= 4 is 11.6 Å². The molecule has 0 atom stereocenters. The van der Waals surface area contributed by atoms with Crippen molar-refractivity contribution in [2.24, 2.45) is 0 Å². The number of nitrogens with zero attached hydrogens (tertiary/aromatic N) is 1. The Balaban J connectivity index is 1.76. The van der Waals surface area contributed by atoms with E-state index in [1.807, 2.05) is 31.2 Å². The van der Waals surface area contributed by atoms with Crippen LogP contribution in [0.2, 0.25) is 0 Å². The SMILES string of the molecule is COc1ccc(NC(=O)c2cc(-c3ccc(C)cc3)n[nH]2)cc1OC(F)F. The van der Waals surface area contributed by atoms with Crippen LogP contribution in [0.25, 0.3) is 11.3 Å². The number of carbonyl (C=O) groups excluding carboxylic acids is 1. The summed E-state index contributed by atoms with van der Waals surface area (Å²) in [6.45, 7) is -1.02. The molecule has 0 saturated heterocycles. The zero-order chi connectivity index (χ0) is 19.4. The van der Waals surface area contributed by atoms with Crippen LogP contribution < -0.4 is 14.8 Å². The number of anilines is 1. The van der Waals surface area contributed by atoms with E-state index in [9.17, 15) is 13.6 Å². The summed E-state index contributed by atoms with van der Waals surface area (Å²) < 4.78 is 34.4. The fraction of sp³-hybridized carbons (Fsp3) is 0.158. The lowest BCUT2D eigenvalue weighted by Crippen LogP contribution is -2.13. The highest BCUT2D eigenvalue weighted by Crippen LogP contribution is 2.31. The Morgan fingerprint density at radius 1 is 1.11 bits per heavy atom. The van der Waals surface area contributed by atoms with Crippen LogP contribution in [0.4, 0.5) is 14.5 Å². The van der Waals surface area contributed by atoms with Crippen molar-refractivity contribution in [1.82, 2.24) is 10.2 Å². The van der Waals surface area contributed by atoms with Crippen molar-refractivity contribution in [3.8, 4) is 22.8 Å². The quantitative estimate of drug-likeness (QED) is 0.677. The number of hydrogen-bond donors (Lipinski definition) is 2. The number of H-pyrrole nitrogens is 1. The Morgan fingerprint density at radius 3 is 2.52 bits per heavy atom. The molecule has 2 aromatic carbocycles. The number of alkyl halides is 2. The largest absolute Gasteiger partial charge is 0.493 e. The lowest BCUT2D eigenvalue weighted by Gasteiger charge is -2.11. The van der Waals surface area contributed by atoms with Crippen LogP contribution in [-0.2, 0) is 0 Å². The number of hydrogen-bond acceptors (Lipinski definition) is 4. The summed E-state index contributed by atoms with van der Waals surface area (Å²) in [5.74, 6) is -0.499. The summed E-state index contributed by atoms with van der Waals surface area (Å²) in [4.78, 5) is 12.4. The first-order valence-corrected chi connectivity index (χ1v) is 8.03. The highest BCUT2D eigenvalue weighted by Gasteiger charge is 2.15. The molecule has 27 heavy (non-hydrogen) atoms. The molecule has 0 radical (unpaired) electrons. The summed E-state index contributed by atoms with van der Waals surface area (Å²) in [5.41, 5.74) is 3.12. The van der Waals surface area contributed by atoms with Crippen molar-refractivity contribution in [1.29, 1.82) is 0 Å². The number of nitrogens with one attached hydrogen (secondary N) is 2. The van der Waals surface area contributed by atoms with Crippen LogP contribution in [-0.4, -0.2) is 29.8 Å². The lowest BCUT2D eigenvalue weighted by atomic mass is 10.1. The number of benzene rings is 2. The van der Waals surface area contributed by atoms with Crippen molar-refractivity contribution in [3.63, 3.8) is 0 Å². The van der Waals surface area contributed by atoms with Gasteiger partial charge in [0.1, 0.15) is 5.69 Å². The highest BCUT2D eigenvalue weighted by molar-refractivity contribution is 6.03. The summed E-state index contributed by atoms with van der Waals surface area (Å²) in [5, 5.41) is 9.41. The van der Waals surface area contributed by atoms with Gasteiger partial charge in [0.25, 0.3) is 5.91 Å². The zero-order valence-electron chi connectivity index (χ0n) is 14.6. The average molecular weight is 373 g/mol. The van der Waals surface area contributed by atoms with E-state index in [2.05, 4.69) is 20.3 Å². The first-order chi connectivity index (χ1) is 13.0. The summed E-state index contributed by atoms with van der Waals surface area (Å²) in [7, 11) is 1.34. The van der Waals surface area contributed by atoms with Crippen LogP contribution in [0, 0.1) is 6.92 Å². The number of rotatable bonds is 6. The molecular formula is C19H17F2N3O3. The molecular weight excluding hydrogens is 356 g/mol. The molecule has 140 valence electrons. The topological polar surface area (TPSA) is 76.2 Å². The fourth-order valence-electron chi connectivity index (χ4n) is 2.45. The predicted octanol–water partition coefficient (Wildman–Crippen LogP) is 4.25. The van der Waals surface area contributed by atoms with Crippen LogP contribution in [0.3, 0.4) is 0 Å². The van der Waals surface area contributed by atoms with E-state index < -0.39 is 12.5 Å². The highest BCUT2D eigenvalue weighted by atomic mass is 19.3. The number of aromatic nitrogens is 2. The van der Waals surface area contributed by atoms with Crippen molar-refractivity contribution < 1.29 is 23.0 Å². The van der Waals surface area contributed by atoms with Crippen molar-refractivity contribution in [2.45, 2.75) is 13.5 Å². The number of carbonyl (C=O) groups is 1. The van der Waals surface area contributed by atoms with E-state index in [4.69, 9.17) is 4.74 Å². The van der Waals surface area contributed by atoms with Gasteiger partial charge in [-0.3, -0.25) is 9.89 Å². The fourth-order valence-corrected chi connectivity index (χ4v) is 2.45. The Labute approximate surface area is 154 Å². The summed E-state index contributed by atoms with van der Waals surface area (Å²) in [6.07, 6.45) is 0. The van der Waals surface area contributed by atoms with E-state index in [1.54, 1.807) is 6.07 Å². The molecule has 0 aliphatic carbocycles. The first-order valence-electron chi connectivity index (χ1n) is 8.03. The van der Waals surface area contributed by atoms with E-state index in [0.29, 0.717) is 5.69 Å². The number of amides is 1. The molecule has 0 bridgehead atoms. The van der Waals surface area contributed by atoms with Crippen LogP contribution in [0.1, 0.15) is 16.1 Å². The third kappa shape index (κ3) is 4.41. The average Bonchev–Trinajstić information content (AvgIpc) is 3.12. The monoisotopic (exact) mass is 373 g/mol. The molecule has 0 fully saturated rings. The van der Waals surface area contributed by atoms with Gasteiger partial charge in [0.05, 0.1) is 12.8 Å². The third-order valence-electron chi connectivity index (χ3n) is 3.81. The maximum atomic E-state index is 12.5. The smallest absolute Gasteiger partial charge is 0.387 e. The molecule has 0 saturated carbocycles. The second-order valence-corrected chi connectivity index (χ2v) is 5.73. The van der Waals surface area contributed by atoms with Crippen LogP contribution >= 0.6 is 0 Å². The van der Waals surface area contributed by atoms with E-state index in [1.165, 1.54) is 25.3 Å². The number of ether oxygens (including phenoxy) is 2. The standard InChI is InChI=1S/C19H17F2N3O3/c1-11-3-5-12(6-4-11)14-10-15(24-23-14)18(25)22-13-7-8-16(26-2)17(9-13)27-19(20)21/h3-10,19H,1-2H3,(H,22,25)(H,23,24). The number of methoxy groups -OCH3 is 1. The number of halogens is 2. The Morgan fingerprint density at radius 2 is 1.85 bits per heavy atom. The van der Waals surface area contributed by atoms with Gasteiger partial charge in [0.2, 0.25) is 0 Å². The van der Waals surface area contributed by atoms with E-state index in [-0.39, 0.29) is 22.9 Å². The maximum absolute atomic E-state index is 12.5. The first kappa shape index (κ1) is 18.4. The molecule has 0 spiro atoms. The Hall–Kier alpha value is -3.42. The molecule has 3 aromatic rings. The van der Waals surface area contributed by atoms with Gasteiger partial charge in [-0.15, -0.1) is 0 Å². The number of aryl methyl sites for hydroxylation is 1. The minimum Gasteiger partial charge on any atom is -0.493 e. The second-order valence-electron chi connectivity index (χ2n) is 5.73. The van der Waals surface area contributed by atoms with Gasteiger partial charge in [0.15, 0.2) is 11.5 Å². The second kappa shape index (κ2) is 7.86. The van der Waals surface area contributed by atoms with Gasteiger partial charge in [-0.05, 0) is 25.1 Å². The van der Waals surface area contributed by atoms with Crippen molar-refractivity contribution in [3.05, 3.63) is 59.8 Å². The molecule has 0 aliphatic heterocycles. The van der Waals surface area contributed by atoms with Gasteiger partial charge in [-0.25, -0.2) is 0 Å². The third-order valence-corrected chi connectivity index (χ3v) is 3.81. The Bertz CT molecular complexity index is 940. The molecule has 3 rings (SSSR count). The molecule has 8 heteroatoms. The van der Waals surface area contributed by atoms with Gasteiger partial charge < -0.3 is 14.8 Å². The zero-order valence-corrected chi connectivity index (χ0v) is 14.6. The molecule has 0 unspecified atom stereocenters. The van der Waals surface area contributed by atoms with E-state index in [0.717, 1.165) is 11.1 Å². The molecule has 0 aliphatic rings. The molecule has 2 N–H and O–H groups in total. The predicted molar refractivity (Wildman–Crippen MR) is 96.3 cm³/mol. The van der Waals surface area contributed by atoms with Crippen LogP contribution in [0.5, 0.6) is 11.5 Å². The number of aromatic amines is 1. The molecule has 1 amide bonds. The molecule has 1 heterocycles. The summed E-state index contributed by atoms with van der Waals surface area (Å²) in [6, 6.07) is 13.5. The van der Waals surface area contributed by atoms with Gasteiger partial charge in [-0.1, -0.05) is 29.8 Å². The normalized spacial score (nSPS) is 10.7. The Kier molecular flexibility index (Phi) is 5.35. The maximum Gasteiger partial charge on any atom is 0.387 e. The van der Waals surface area contributed by atoms with Gasteiger partial charge >= 0.3 is 6.61 Å². The minimum absolute atomic E-state index is 0.136. The van der Waals surface area contributed by atoms with Crippen molar-refractivity contribution in [2.75, 3.05) is 12.4 Å². The molecule has 1 aromatic heterocycles. The van der Waals surface area contributed by atoms with Gasteiger partial charge in [-0.2, -0.15) is 13.9 Å². The van der Waals surface area contributed by atoms with Gasteiger partial charge in [0, 0.05) is 17.3 Å². The summed E-state index contributed by atoms with van der Waals surface area (Å²) >= 11 is 0. The minimum atomic E-state index is -3.01. The lowest BCUT2D eigenvalue weighted by molar-refractivity contribution is -0.0511.